The monoisotopic (exact) mass is 341 g/mol. The number of anilines is 1. The highest BCUT2D eigenvalue weighted by Crippen LogP contribution is 2.35. The Balaban J connectivity index is 1.71. The van der Waals surface area contributed by atoms with Gasteiger partial charge in [0.25, 0.3) is 0 Å². The molecule has 0 heterocycles. The summed E-state index contributed by atoms with van der Waals surface area (Å²) in [6.07, 6.45) is 1.97. The number of sulfonamides is 1. The Hall–Kier alpha value is -2.40. The molecule has 0 amide bonds. The second kappa shape index (κ2) is 5.60. The van der Waals surface area contributed by atoms with Crippen molar-refractivity contribution in [2.45, 2.75) is 18.6 Å². The molecular weight excluding hydrogens is 325 g/mol. The maximum Gasteiger partial charge on any atom is 0.237 e. The predicted molar refractivity (Wildman–Crippen MR) is 94.0 cm³/mol. The van der Waals surface area contributed by atoms with E-state index in [1.807, 2.05) is 18.2 Å². The molecule has 5 heteroatoms. The lowest BCUT2D eigenvalue weighted by Crippen LogP contribution is -2.16. The lowest BCUT2D eigenvalue weighted by Gasteiger charge is -2.12. The molecule has 0 fully saturated rings. The number of aryl methyl sites for hydroxylation is 2. The first-order chi connectivity index (χ1) is 11.5. The van der Waals surface area contributed by atoms with Crippen molar-refractivity contribution in [3.05, 3.63) is 77.1 Å². The third-order valence-electron chi connectivity index (χ3n) is 4.45. The van der Waals surface area contributed by atoms with Crippen LogP contribution in [0.5, 0.6) is 0 Å². The van der Waals surface area contributed by atoms with Crippen molar-refractivity contribution >= 4 is 26.5 Å². The van der Waals surface area contributed by atoms with E-state index in [1.165, 1.54) is 23.3 Å². The molecule has 0 bridgehead atoms. The molecular formula is C19H16FNO2S. The zero-order valence-electron chi connectivity index (χ0n) is 12.9. The molecule has 0 aromatic heterocycles. The first-order valence-corrected chi connectivity index (χ1v) is 9.46. The molecule has 1 N–H and O–H groups in total. The Bertz CT molecular complexity index is 1030. The molecule has 3 aromatic rings. The third-order valence-corrected chi connectivity index (χ3v) is 5.67. The van der Waals surface area contributed by atoms with Crippen LogP contribution in [-0.2, 0) is 28.6 Å². The summed E-state index contributed by atoms with van der Waals surface area (Å²) in [6, 6.07) is 15.7. The molecule has 0 radical (unpaired) electrons. The molecule has 0 spiro atoms. The van der Waals surface area contributed by atoms with Crippen LogP contribution in [0.15, 0.2) is 54.6 Å². The highest BCUT2D eigenvalue weighted by Gasteiger charge is 2.19. The second-order valence-electron chi connectivity index (χ2n) is 6.06. The van der Waals surface area contributed by atoms with Crippen LogP contribution >= 0.6 is 0 Å². The fourth-order valence-corrected chi connectivity index (χ4v) is 4.59. The summed E-state index contributed by atoms with van der Waals surface area (Å²) in [5.74, 6) is -0.897. The van der Waals surface area contributed by atoms with Gasteiger partial charge in [0, 0.05) is 10.9 Å². The number of rotatable bonds is 4. The third kappa shape index (κ3) is 2.65. The Morgan fingerprint density at radius 3 is 2.46 bits per heavy atom. The van der Waals surface area contributed by atoms with Gasteiger partial charge >= 0.3 is 0 Å². The van der Waals surface area contributed by atoms with Crippen molar-refractivity contribution in [2.75, 3.05) is 4.72 Å². The van der Waals surface area contributed by atoms with Gasteiger partial charge in [-0.25, -0.2) is 12.8 Å². The molecule has 0 saturated heterocycles. The van der Waals surface area contributed by atoms with E-state index in [9.17, 15) is 12.8 Å². The minimum atomic E-state index is -3.70. The van der Waals surface area contributed by atoms with Crippen LogP contribution in [-0.4, -0.2) is 8.42 Å². The molecule has 1 aliphatic rings. The highest BCUT2D eigenvalue weighted by atomic mass is 32.2. The van der Waals surface area contributed by atoms with Crippen molar-refractivity contribution in [2.24, 2.45) is 0 Å². The van der Waals surface area contributed by atoms with Crippen LogP contribution in [0.1, 0.15) is 16.7 Å². The Morgan fingerprint density at radius 1 is 0.917 bits per heavy atom. The molecule has 122 valence electrons. The predicted octanol–water partition coefficient (Wildman–Crippen LogP) is 4.02. The molecule has 0 saturated carbocycles. The van der Waals surface area contributed by atoms with Gasteiger partial charge in [-0.3, -0.25) is 4.72 Å². The minimum Gasteiger partial charge on any atom is -0.283 e. The van der Waals surface area contributed by atoms with Crippen LogP contribution in [0.3, 0.4) is 0 Å². The van der Waals surface area contributed by atoms with Crippen molar-refractivity contribution in [1.82, 2.24) is 0 Å². The SMILES string of the molecule is O=S(=O)(Cc1ccccc1F)Nc1ccc2c3c(cccc13)CC2. The van der Waals surface area contributed by atoms with Crippen molar-refractivity contribution in [1.29, 1.82) is 0 Å². The second-order valence-corrected chi connectivity index (χ2v) is 7.79. The number of hydrogen-bond donors (Lipinski definition) is 1. The Kier molecular flexibility index (Phi) is 3.53. The van der Waals surface area contributed by atoms with Crippen LogP contribution in [0.25, 0.3) is 10.8 Å². The fourth-order valence-electron chi connectivity index (χ4n) is 3.36. The summed E-state index contributed by atoms with van der Waals surface area (Å²) < 4.78 is 41.3. The number of halogens is 1. The molecule has 3 nitrogen and oxygen atoms in total. The van der Waals surface area contributed by atoms with Crippen LogP contribution in [0, 0.1) is 5.82 Å². The largest absolute Gasteiger partial charge is 0.283 e. The lowest BCUT2D eigenvalue weighted by atomic mass is 10.0. The zero-order valence-corrected chi connectivity index (χ0v) is 13.7. The van der Waals surface area contributed by atoms with E-state index in [4.69, 9.17) is 0 Å². The van der Waals surface area contributed by atoms with Crippen LogP contribution in [0.4, 0.5) is 10.1 Å². The zero-order chi connectivity index (χ0) is 16.7. The average Bonchev–Trinajstić information content (AvgIpc) is 2.97. The number of nitrogens with one attached hydrogen (secondary N) is 1. The van der Waals surface area contributed by atoms with E-state index in [2.05, 4.69) is 10.8 Å². The van der Waals surface area contributed by atoms with Gasteiger partial charge < -0.3 is 0 Å². The molecule has 24 heavy (non-hydrogen) atoms. The van der Waals surface area contributed by atoms with E-state index >= 15 is 0 Å². The quantitative estimate of drug-likeness (QED) is 0.779. The summed E-state index contributed by atoms with van der Waals surface area (Å²) in [4.78, 5) is 0. The van der Waals surface area contributed by atoms with Crippen LogP contribution < -0.4 is 4.72 Å². The smallest absolute Gasteiger partial charge is 0.237 e. The highest BCUT2D eigenvalue weighted by molar-refractivity contribution is 7.91. The van der Waals surface area contributed by atoms with E-state index < -0.39 is 15.8 Å². The number of benzene rings is 3. The Morgan fingerprint density at radius 2 is 1.67 bits per heavy atom. The minimum absolute atomic E-state index is 0.163. The average molecular weight is 341 g/mol. The molecule has 3 aromatic carbocycles. The van der Waals surface area contributed by atoms with Crippen molar-refractivity contribution in [3.8, 4) is 0 Å². The maximum absolute atomic E-state index is 13.7. The molecule has 0 atom stereocenters. The van der Waals surface area contributed by atoms with Gasteiger partial charge in [-0.15, -0.1) is 0 Å². The van der Waals surface area contributed by atoms with Gasteiger partial charge in [-0.2, -0.15) is 0 Å². The van der Waals surface area contributed by atoms with Crippen molar-refractivity contribution in [3.63, 3.8) is 0 Å². The van der Waals surface area contributed by atoms with Crippen LogP contribution in [0.2, 0.25) is 0 Å². The molecule has 0 aliphatic heterocycles. The fraction of sp³-hybridized carbons (Fsp3) is 0.158. The molecule has 0 unspecified atom stereocenters. The summed E-state index contributed by atoms with van der Waals surface area (Å²) >= 11 is 0. The summed E-state index contributed by atoms with van der Waals surface area (Å²) in [5.41, 5.74) is 3.21. The van der Waals surface area contributed by atoms with E-state index in [0.29, 0.717) is 5.69 Å². The van der Waals surface area contributed by atoms with E-state index in [-0.39, 0.29) is 11.3 Å². The topological polar surface area (TPSA) is 46.2 Å². The van der Waals surface area contributed by atoms with Gasteiger partial charge in [0.15, 0.2) is 0 Å². The molecule has 4 rings (SSSR count). The lowest BCUT2D eigenvalue weighted by molar-refractivity contribution is 0.591. The standard InChI is InChI=1S/C19H16FNO2S/c20-17-7-2-1-4-15(17)12-24(22,23)21-18-11-10-14-9-8-13-5-3-6-16(18)19(13)14/h1-7,10-11,21H,8-9,12H2. The van der Waals surface area contributed by atoms with E-state index in [0.717, 1.165) is 23.6 Å². The normalized spacial score (nSPS) is 13.4. The summed E-state index contributed by atoms with van der Waals surface area (Å²) in [7, 11) is -3.70. The Labute approximate surface area is 140 Å². The van der Waals surface area contributed by atoms with Crippen molar-refractivity contribution < 1.29 is 12.8 Å². The van der Waals surface area contributed by atoms with Gasteiger partial charge in [0.05, 0.1) is 11.4 Å². The first-order valence-electron chi connectivity index (χ1n) is 7.81. The summed E-state index contributed by atoms with van der Waals surface area (Å²) in [6.45, 7) is 0. The van der Waals surface area contributed by atoms with Gasteiger partial charge in [-0.05, 0) is 41.5 Å². The summed E-state index contributed by atoms with van der Waals surface area (Å²) in [5, 5.41) is 2.04. The van der Waals surface area contributed by atoms with Gasteiger partial charge in [0.2, 0.25) is 10.0 Å². The maximum atomic E-state index is 13.7. The molecule has 1 aliphatic carbocycles. The van der Waals surface area contributed by atoms with Gasteiger partial charge in [0.1, 0.15) is 5.82 Å². The van der Waals surface area contributed by atoms with Gasteiger partial charge in [-0.1, -0.05) is 42.5 Å². The number of hydrogen-bond acceptors (Lipinski definition) is 2. The van der Waals surface area contributed by atoms with E-state index in [1.54, 1.807) is 18.2 Å². The first kappa shape index (κ1) is 15.1.